The van der Waals surface area contributed by atoms with Crippen LogP contribution in [0.4, 0.5) is 0 Å². The molecule has 0 aliphatic rings. The van der Waals surface area contributed by atoms with E-state index in [9.17, 15) is 0 Å². The van der Waals surface area contributed by atoms with Gasteiger partial charge in [0, 0.05) is 0 Å². The molecule has 0 heterocycles. The Bertz CT molecular complexity index is 269. The molecule has 0 bridgehead atoms. The highest BCUT2D eigenvalue weighted by atomic mass is 28.4. The standard InChI is InChI=1S/C15H30OSi/c1-8-14(2)12-10-9-11-13-16-17(6,7)15(3,4)5/h8-9,11H,10,12-13H2,1-7H3/b11-9+,14-8-. The molecule has 0 fully saturated rings. The third kappa shape index (κ3) is 6.84. The second-order valence-electron chi connectivity index (χ2n) is 6.22. The van der Waals surface area contributed by atoms with Crippen molar-refractivity contribution in [3.8, 4) is 0 Å². The molecule has 0 radical (unpaired) electrons. The van der Waals surface area contributed by atoms with E-state index < -0.39 is 8.32 Å². The molecule has 0 aromatic carbocycles. The molecule has 17 heavy (non-hydrogen) atoms. The normalized spacial score (nSPS) is 14.6. The number of hydrogen-bond acceptors (Lipinski definition) is 1. The summed E-state index contributed by atoms with van der Waals surface area (Å²) in [5, 5.41) is 0.308. The predicted octanol–water partition coefficient (Wildman–Crippen LogP) is 5.31. The van der Waals surface area contributed by atoms with Crippen LogP contribution in [0.3, 0.4) is 0 Å². The van der Waals surface area contributed by atoms with E-state index in [0.717, 1.165) is 19.4 Å². The van der Waals surface area contributed by atoms with Gasteiger partial charge in [-0.1, -0.05) is 44.6 Å². The Balaban J connectivity index is 3.88. The quantitative estimate of drug-likeness (QED) is 0.461. The maximum atomic E-state index is 6.06. The average molecular weight is 254 g/mol. The maximum absolute atomic E-state index is 6.06. The lowest BCUT2D eigenvalue weighted by atomic mass is 10.1. The van der Waals surface area contributed by atoms with Crippen LogP contribution in [0.5, 0.6) is 0 Å². The molecule has 0 aromatic rings. The van der Waals surface area contributed by atoms with Crippen molar-refractivity contribution in [3.05, 3.63) is 23.8 Å². The summed E-state index contributed by atoms with van der Waals surface area (Å²) in [5.41, 5.74) is 1.46. The third-order valence-electron chi connectivity index (χ3n) is 3.71. The van der Waals surface area contributed by atoms with Crippen molar-refractivity contribution in [2.24, 2.45) is 0 Å². The number of hydrogen-bond donors (Lipinski definition) is 0. The van der Waals surface area contributed by atoms with Gasteiger partial charge in [0.1, 0.15) is 0 Å². The van der Waals surface area contributed by atoms with Crippen molar-refractivity contribution >= 4 is 8.32 Å². The first-order chi connectivity index (χ1) is 7.70. The number of allylic oxidation sites excluding steroid dienone is 3. The van der Waals surface area contributed by atoms with Gasteiger partial charge in [-0.05, 0) is 44.8 Å². The van der Waals surface area contributed by atoms with Crippen LogP contribution >= 0.6 is 0 Å². The summed E-state index contributed by atoms with van der Waals surface area (Å²) in [5.74, 6) is 0. The summed E-state index contributed by atoms with van der Waals surface area (Å²) >= 11 is 0. The topological polar surface area (TPSA) is 9.23 Å². The molecular weight excluding hydrogens is 224 g/mol. The van der Waals surface area contributed by atoms with Crippen molar-refractivity contribution in [1.82, 2.24) is 0 Å². The zero-order valence-corrected chi connectivity index (χ0v) is 13.8. The van der Waals surface area contributed by atoms with Crippen LogP contribution in [0.2, 0.25) is 18.1 Å². The van der Waals surface area contributed by atoms with E-state index in [1.165, 1.54) is 5.57 Å². The summed E-state index contributed by atoms with van der Waals surface area (Å²) in [6.45, 7) is 16.5. The maximum Gasteiger partial charge on any atom is 0.192 e. The van der Waals surface area contributed by atoms with Gasteiger partial charge >= 0.3 is 0 Å². The minimum atomic E-state index is -1.56. The van der Waals surface area contributed by atoms with Gasteiger partial charge in [-0.25, -0.2) is 0 Å². The molecule has 0 saturated heterocycles. The minimum Gasteiger partial charge on any atom is -0.413 e. The van der Waals surface area contributed by atoms with Gasteiger partial charge in [0.15, 0.2) is 8.32 Å². The summed E-state index contributed by atoms with van der Waals surface area (Å²) < 4.78 is 6.06. The smallest absolute Gasteiger partial charge is 0.192 e. The van der Waals surface area contributed by atoms with Crippen molar-refractivity contribution in [1.29, 1.82) is 0 Å². The highest BCUT2D eigenvalue weighted by Crippen LogP contribution is 2.36. The molecule has 1 nitrogen and oxygen atoms in total. The van der Waals surface area contributed by atoms with E-state index in [2.05, 4.69) is 65.9 Å². The van der Waals surface area contributed by atoms with Crippen LogP contribution in [0, 0.1) is 0 Å². The Morgan fingerprint density at radius 3 is 2.24 bits per heavy atom. The first-order valence-corrected chi connectivity index (χ1v) is 9.52. The molecule has 100 valence electrons. The van der Waals surface area contributed by atoms with Gasteiger partial charge < -0.3 is 4.43 Å². The van der Waals surface area contributed by atoms with Gasteiger partial charge in [-0.3, -0.25) is 0 Å². The fourth-order valence-corrected chi connectivity index (χ4v) is 2.06. The Morgan fingerprint density at radius 1 is 1.18 bits per heavy atom. The van der Waals surface area contributed by atoms with Crippen molar-refractivity contribution in [3.63, 3.8) is 0 Å². The Morgan fingerprint density at radius 2 is 1.76 bits per heavy atom. The predicted molar refractivity (Wildman–Crippen MR) is 81.0 cm³/mol. The molecular formula is C15H30OSi. The van der Waals surface area contributed by atoms with Gasteiger partial charge in [-0.15, -0.1) is 0 Å². The molecule has 0 rings (SSSR count). The van der Waals surface area contributed by atoms with Gasteiger partial charge in [0.05, 0.1) is 6.61 Å². The van der Waals surface area contributed by atoms with E-state index >= 15 is 0 Å². The lowest BCUT2D eigenvalue weighted by Gasteiger charge is -2.35. The Hall–Kier alpha value is -0.343. The summed E-state index contributed by atoms with van der Waals surface area (Å²) in [6, 6.07) is 0. The van der Waals surface area contributed by atoms with E-state index in [0.29, 0.717) is 5.04 Å². The van der Waals surface area contributed by atoms with E-state index in [-0.39, 0.29) is 0 Å². The lowest BCUT2D eigenvalue weighted by molar-refractivity contribution is 0.327. The monoisotopic (exact) mass is 254 g/mol. The van der Waals surface area contributed by atoms with Gasteiger partial charge in [0.25, 0.3) is 0 Å². The Kier molecular flexibility index (Phi) is 7.03. The highest BCUT2D eigenvalue weighted by molar-refractivity contribution is 6.74. The first-order valence-electron chi connectivity index (χ1n) is 6.61. The van der Waals surface area contributed by atoms with Crippen LogP contribution in [0.25, 0.3) is 0 Å². The van der Waals surface area contributed by atoms with Crippen LogP contribution in [-0.4, -0.2) is 14.9 Å². The largest absolute Gasteiger partial charge is 0.413 e. The van der Waals surface area contributed by atoms with Crippen molar-refractivity contribution in [2.45, 2.75) is 65.6 Å². The molecule has 0 aliphatic carbocycles. The first kappa shape index (κ1) is 16.7. The molecule has 0 atom stereocenters. The van der Waals surface area contributed by atoms with Gasteiger partial charge in [0.2, 0.25) is 0 Å². The summed E-state index contributed by atoms with van der Waals surface area (Å²) in [6.07, 6.45) is 8.87. The lowest BCUT2D eigenvalue weighted by Crippen LogP contribution is -2.40. The fraction of sp³-hybridized carbons (Fsp3) is 0.733. The fourth-order valence-electron chi connectivity index (χ4n) is 1.11. The van der Waals surface area contributed by atoms with Crippen LogP contribution in [0.1, 0.15) is 47.5 Å². The minimum absolute atomic E-state index is 0.308. The van der Waals surface area contributed by atoms with E-state index in [4.69, 9.17) is 4.43 Å². The number of rotatable bonds is 6. The molecule has 2 heteroatoms. The van der Waals surface area contributed by atoms with E-state index in [1.54, 1.807) is 0 Å². The SMILES string of the molecule is C/C=C(/C)CC/C=C/CO[Si](C)(C)C(C)(C)C. The van der Waals surface area contributed by atoms with Crippen LogP contribution in [0.15, 0.2) is 23.8 Å². The second-order valence-corrected chi connectivity index (χ2v) is 11.0. The molecule has 0 spiro atoms. The van der Waals surface area contributed by atoms with Gasteiger partial charge in [-0.2, -0.15) is 0 Å². The summed E-state index contributed by atoms with van der Waals surface area (Å²) in [7, 11) is -1.56. The molecule has 0 unspecified atom stereocenters. The molecule has 0 aliphatic heterocycles. The zero-order chi connectivity index (χ0) is 13.5. The van der Waals surface area contributed by atoms with Crippen LogP contribution < -0.4 is 0 Å². The molecule has 0 amide bonds. The second kappa shape index (κ2) is 7.17. The zero-order valence-electron chi connectivity index (χ0n) is 12.8. The molecule has 0 N–H and O–H groups in total. The van der Waals surface area contributed by atoms with Crippen LogP contribution in [-0.2, 0) is 4.43 Å². The summed E-state index contributed by atoms with van der Waals surface area (Å²) in [4.78, 5) is 0. The van der Waals surface area contributed by atoms with Crippen molar-refractivity contribution in [2.75, 3.05) is 6.61 Å². The van der Waals surface area contributed by atoms with Crippen molar-refractivity contribution < 1.29 is 4.43 Å². The average Bonchev–Trinajstić information content (AvgIpc) is 2.21. The third-order valence-corrected chi connectivity index (χ3v) is 8.21. The van der Waals surface area contributed by atoms with E-state index in [1.807, 2.05) is 0 Å². The Labute approximate surface area is 109 Å². The molecule has 0 saturated carbocycles. The molecule has 0 aromatic heterocycles. The highest BCUT2D eigenvalue weighted by Gasteiger charge is 2.36.